The maximum Gasteiger partial charge on any atom is 0.127 e. The van der Waals surface area contributed by atoms with Gasteiger partial charge in [-0.05, 0) is 31.0 Å². The van der Waals surface area contributed by atoms with Crippen molar-refractivity contribution in [3.05, 3.63) is 58.8 Å². The lowest BCUT2D eigenvalue weighted by Crippen LogP contribution is -2.01. The topological polar surface area (TPSA) is 38.9 Å². The predicted molar refractivity (Wildman–Crippen MR) is 67.4 cm³/mol. The van der Waals surface area contributed by atoms with Crippen molar-refractivity contribution in [2.75, 3.05) is 5.73 Å². The van der Waals surface area contributed by atoms with Gasteiger partial charge in [0.2, 0.25) is 0 Å². The standard InChI is InChI=1S/C14H16N2/c1-10-4-3-5-12(8-10)9-13-11(2)6-7-16-14(13)15/h3-8H,9H2,1-2H3,(H2,15,16). The minimum atomic E-state index is 0.640. The van der Waals surface area contributed by atoms with Gasteiger partial charge < -0.3 is 5.73 Å². The van der Waals surface area contributed by atoms with Crippen molar-refractivity contribution >= 4 is 5.82 Å². The van der Waals surface area contributed by atoms with Crippen molar-refractivity contribution in [3.63, 3.8) is 0 Å². The van der Waals surface area contributed by atoms with Crippen LogP contribution in [-0.2, 0) is 6.42 Å². The lowest BCUT2D eigenvalue weighted by molar-refractivity contribution is 1.11. The van der Waals surface area contributed by atoms with Crippen LogP contribution >= 0.6 is 0 Å². The first kappa shape index (κ1) is 10.7. The molecule has 2 aromatic rings. The second kappa shape index (κ2) is 4.35. The van der Waals surface area contributed by atoms with E-state index >= 15 is 0 Å². The minimum absolute atomic E-state index is 0.640. The Labute approximate surface area is 96.1 Å². The van der Waals surface area contributed by atoms with Crippen LogP contribution in [0, 0.1) is 13.8 Å². The van der Waals surface area contributed by atoms with Gasteiger partial charge in [0.05, 0.1) is 0 Å². The summed E-state index contributed by atoms with van der Waals surface area (Å²) >= 11 is 0. The molecule has 0 saturated carbocycles. The molecule has 1 heterocycles. The van der Waals surface area contributed by atoms with E-state index in [4.69, 9.17) is 5.73 Å². The van der Waals surface area contributed by atoms with Crippen molar-refractivity contribution in [1.82, 2.24) is 4.98 Å². The molecule has 0 spiro atoms. The number of hydrogen-bond donors (Lipinski definition) is 1. The van der Waals surface area contributed by atoms with Crippen LogP contribution in [0.3, 0.4) is 0 Å². The SMILES string of the molecule is Cc1cccc(Cc2c(C)ccnc2N)c1. The number of hydrogen-bond acceptors (Lipinski definition) is 2. The molecule has 2 rings (SSSR count). The summed E-state index contributed by atoms with van der Waals surface area (Å²) in [7, 11) is 0. The molecule has 0 fully saturated rings. The van der Waals surface area contributed by atoms with E-state index in [2.05, 4.69) is 43.1 Å². The zero-order valence-corrected chi connectivity index (χ0v) is 9.70. The number of nitrogen functional groups attached to an aromatic ring is 1. The van der Waals surface area contributed by atoms with E-state index in [-0.39, 0.29) is 0 Å². The Morgan fingerprint density at radius 1 is 1.19 bits per heavy atom. The van der Waals surface area contributed by atoms with Gasteiger partial charge in [-0.25, -0.2) is 4.98 Å². The summed E-state index contributed by atoms with van der Waals surface area (Å²) in [5, 5.41) is 0. The van der Waals surface area contributed by atoms with E-state index in [0.717, 1.165) is 12.0 Å². The highest BCUT2D eigenvalue weighted by atomic mass is 14.8. The average molecular weight is 212 g/mol. The zero-order valence-electron chi connectivity index (χ0n) is 9.70. The maximum absolute atomic E-state index is 5.90. The summed E-state index contributed by atoms with van der Waals surface area (Å²) in [6.07, 6.45) is 2.61. The molecule has 1 aromatic heterocycles. The normalized spacial score (nSPS) is 10.4. The maximum atomic E-state index is 5.90. The summed E-state index contributed by atoms with van der Waals surface area (Å²) in [5.41, 5.74) is 10.8. The third-order valence-electron chi connectivity index (χ3n) is 2.79. The molecule has 82 valence electrons. The lowest BCUT2D eigenvalue weighted by atomic mass is 10.0. The average Bonchev–Trinajstić information content (AvgIpc) is 2.24. The molecule has 0 bridgehead atoms. The summed E-state index contributed by atoms with van der Waals surface area (Å²) in [4.78, 5) is 4.14. The first-order chi connectivity index (χ1) is 7.66. The summed E-state index contributed by atoms with van der Waals surface area (Å²) in [6, 6.07) is 10.5. The first-order valence-corrected chi connectivity index (χ1v) is 5.42. The molecule has 2 N–H and O–H groups in total. The van der Waals surface area contributed by atoms with Crippen LogP contribution in [0.15, 0.2) is 36.5 Å². The number of pyridine rings is 1. The number of anilines is 1. The Morgan fingerprint density at radius 2 is 2.00 bits per heavy atom. The molecular formula is C14H16N2. The van der Waals surface area contributed by atoms with Crippen LogP contribution in [0.25, 0.3) is 0 Å². The Morgan fingerprint density at radius 3 is 2.69 bits per heavy atom. The quantitative estimate of drug-likeness (QED) is 0.831. The molecule has 0 radical (unpaired) electrons. The number of rotatable bonds is 2. The number of benzene rings is 1. The summed E-state index contributed by atoms with van der Waals surface area (Å²) in [6.45, 7) is 4.17. The molecule has 0 aliphatic rings. The van der Waals surface area contributed by atoms with E-state index in [1.165, 1.54) is 16.7 Å². The fraction of sp³-hybridized carbons (Fsp3) is 0.214. The highest BCUT2D eigenvalue weighted by Crippen LogP contribution is 2.18. The third-order valence-corrected chi connectivity index (χ3v) is 2.79. The molecule has 2 heteroatoms. The van der Waals surface area contributed by atoms with Crippen LogP contribution in [0.2, 0.25) is 0 Å². The van der Waals surface area contributed by atoms with Gasteiger partial charge in [-0.3, -0.25) is 0 Å². The van der Waals surface area contributed by atoms with Gasteiger partial charge in [0.25, 0.3) is 0 Å². The summed E-state index contributed by atoms with van der Waals surface area (Å²) in [5.74, 6) is 0.640. The monoisotopic (exact) mass is 212 g/mol. The van der Waals surface area contributed by atoms with Gasteiger partial charge in [-0.1, -0.05) is 29.8 Å². The van der Waals surface area contributed by atoms with Gasteiger partial charge >= 0.3 is 0 Å². The molecule has 0 saturated heterocycles. The molecule has 0 unspecified atom stereocenters. The second-order valence-electron chi connectivity index (χ2n) is 4.16. The molecule has 0 aliphatic carbocycles. The number of aryl methyl sites for hydroxylation is 2. The second-order valence-corrected chi connectivity index (χ2v) is 4.16. The fourth-order valence-electron chi connectivity index (χ4n) is 1.87. The zero-order chi connectivity index (χ0) is 11.5. The third kappa shape index (κ3) is 2.22. The van der Waals surface area contributed by atoms with Gasteiger partial charge in [0.1, 0.15) is 5.82 Å². The highest BCUT2D eigenvalue weighted by molar-refractivity contribution is 5.46. The Balaban J connectivity index is 2.34. The van der Waals surface area contributed by atoms with Crippen molar-refractivity contribution < 1.29 is 0 Å². The predicted octanol–water partition coefficient (Wildman–Crippen LogP) is 2.87. The molecular weight excluding hydrogens is 196 g/mol. The van der Waals surface area contributed by atoms with E-state index in [1.54, 1.807) is 6.20 Å². The van der Waals surface area contributed by atoms with Crippen LogP contribution < -0.4 is 5.73 Å². The van der Waals surface area contributed by atoms with E-state index in [0.29, 0.717) is 5.82 Å². The van der Waals surface area contributed by atoms with E-state index < -0.39 is 0 Å². The molecule has 0 aliphatic heterocycles. The summed E-state index contributed by atoms with van der Waals surface area (Å²) < 4.78 is 0. The van der Waals surface area contributed by atoms with Gasteiger partial charge in [-0.2, -0.15) is 0 Å². The van der Waals surface area contributed by atoms with Crippen LogP contribution in [0.1, 0.15) is 22.3 Å². The largest absolute Gasteiger partial charge is 0.383 e. The molecule has 16 heavy (non-hydrogen) atoms. The number of nitrogens with two attached hydrogens (primary N) is 1. The highest BCUT2D eigenvalue weighted by Gasteiger charge is 2.05. The van der Waals surface area contributed by atoms with Crippen LogP contribution in [-0.4, -0.2) is 4.98 Å². The molecule has 0 amide bonds. The first-order valence-electron chi connectivity index (χ1n) is 5.42. The molecule has 2 nitrogen and oxygen atoms in total. The minimum Gasteiger partial charge on any atom is -0.383 e. The fourth-order valence-corrected chi connectivity index (χ4v) is 1.87. The molecule has 0 atom stereocenters. The van der Waals surface area contributed by atoms with Crippen LogP contribution in [0.5, 0.6) is 0 Å². The lowest BCUT2D eigenvalue weighted by Gasteiger charge is -2.08. The van der Waals surface area contributed by atoms with Crippen LogP contribution in [0.4, 0.5) is 5.82 Å². The molecule has 1 aromatic carbocycles. The smallest absolute Gasteiger partial charge is 0.127 e. The van der Waals surface area contributed by atoms with Gasteiger partial charge in [0, 0.05) is 18.2 Å². The van der Waals surface area contributed by atoms with Gasteiger partial charge in [-0.15, -0.1) is 0 Å². The Bertz CT molecular complexity index is 484. The van der Waals surface area contributed by atoms with Gasteiger partial charge in [0.15, 0.2) is 0 Å². The number of aromatic nitrogens is 1. The van der Waals surface area contributed by atoms with E-state index in [9.17, 15) is 0 Å². The Hall–Kier alpha value is -1.83. The Kier molecular flexibility index (Phi) is 2.91. The van der Waals surface area contributed by atoms with Crippen molar-refractivity contribution in [1.29, 1.82) is 0 Å². The van der Waals surface area contributed by atoms with Crippen molar-refractivity contribution in [3.8, 4) is 0 Å². The van der Waals surface area contributed by atoms with Crippen molar-refractivity contribution in [2.24, 2.45) is 0 Å². The van der Waals surface area contributed by atoms with Crippen molar-refractivity contribution in [2.45, 2.75) is 20.3 Å². The van der Waals surface area contributed by atoms with E-state index in [1.807, 2.05) is 6.07 Å². The number of nitrogens with zero attached hydrogens (tertiary/aromatic N) is 1.